The summed E-state index contributed by atoms with van der Waals surface area (Å²) < 4.78 is 6.64. The highest BCUT2D eigenvalue weighted by Gasteiger charge is 2.07. The minimum Gasteiger partial charge on any atom is -0.504 e. The van der Waals surface area contributed by atoms with E-state index in [1.165, 1.54) is 13.2 Å². The molecule has 0 aliphatic carbocycles. The van der Waals surface area contributed by atoms with Crippen molar-refractivity contribution in [3.05, 3.63) is 36.2 Å². The summed E-state index contributed by atoms with van der Waals surface area (Å²) in [5.74, 6) is 0.259. The van der Waals surface area contributed by atoms with E-state index >= 15 is 0 Å². The molecule has 20 heavy (non-hydrogen) atoms. The minimum absolute atomic E-state index is 0.00226. The molecule has 0 radical (unpaired) electrons. The first-order valence-electron chi connectivity index (χ1n) is 6.23. The number of aromatic nitrogens is 2. The lowest BCUT2D eigenvalue weighted by Crippen LogP contribution is -2.12. The smallest absolute Gasteiger partial charge is 0.224 e. The summed E-state index contributed by atoms with van der Waals surface area (Å²) in [5.41, 5.74) is 1.56. The maximum atomic E-state index is 11.8. The van der Waals surface area contributed by atoms with Gasteiger partial charge < -0.3 is 15.2 Å². The average molecular weight is 275 g/mol. The molecule has 0 saturated heterocycles. The van der Waals surface area contributed by atoms with Gasteiger partial charge in [0.15, 0.2) is 11.5 Å². The first kappa shape index (κ1) is 13.9. The van der Waals surface area contributed by atoms with E-state index in [0.717, 1.165) is 5.56 Å². The van der Waals surface area contributed by atoms with Gasteiger partial charge in [-0.15, -0.1) is 0 Å². The fourth-order valence-electron chi connectivity index (χ4n) is 1.85. The fraction of sp³-hybridized carbons (Fsp3) is 0.286. The molecule has 2 N–H and O–H groups in total. The molecule has 2 aromatic rings. The third-order valence-corrected chi connectivity index (χ3v) is 2.86. The standard InChI is InChI=1S/C14H17N3O3/c1-17-9-10(8-15-17)3-6-14(19)16-11-4-5-13(20-2)12(18)7-11/h4-5,7-9,18H,3,6H2,1-2H3,(H,16,19). The van der Waals surface area contributed by atoms with Gasteiger partial charge in [-0.2, -0.15) is 5.10 Å². The van der Waals surface area contributed by atoms with Crippen LogP contribution < -0.4 is 10.1 Å². The van der Waals surface area contributed by atoms with Gasteiger partial charge in [-0.25, -0.2) is 0 Å². The van der Waals surface area contributed by atoms with E-state index in [1.54, 1.807) is 23.0 Å². The molecule has 0 aliphatic heterocycles. The molecular weight excluding hydrogens is 258 g/mol. The van der Waals surface area contributed by atoms with Gasteiger partial charge in [0.05, 0.1) is 13.3 Å². The van der Waals surface area contributed by atoms with E-state index in [9.17, 15) is 9.90 Å². The summed E-state index contributed by atoms with van der Waals surface area (Å²) in [5, 5.41) is 16.4. The van der Waals surface area contributed by atoms with E-state index in [4.69, 9.17) is 4.74 Å². The van der Waals surface area contributed by atoms with Gasteiger partial charge in [-0.3, -0.25) is 9.48 Å². The number of phenols is 1. The van der Waals surface area contributed by atoms with Crippen molar-refractivity contribution in [1.29, 1.82) is 0 Å². The molecule has 0 saturated carbocycles. The van der Waals surface area contributed by atoms with Crippen molar-refractivity contribution in [3.8, 4) is 11.5 Å². The van der Waals surface area contributed by atoms with Crippen LogP contribution in [0.2, 0.25) is 0 Å². The summed E-state index contributed by atoms with van der Waals surface area (Å²) in [6.07, 6.45) is 4.61. The number of carbonyl (C=O) groups excluding carboxylic acids is 1. The predicted octanol–water partition coefficient (Wildman–Crippen LogP) is 1.71. The lowest BCUT2D eigenvalue weighted by atomic mass is 10.2. The van der Waals surface area contributed by atoms with E-state index in [0.29, 0.717) is 24.3 Å². The van der Waals surface area contributed by atoms with Crippen LogP contribution >= 0.6 is 0 Å². The van der Waals surface area contributed by atoms with Gasteiger partial charge in [-0.1, -0.05) is 0 Å². The Morgan fingerprint density at radius 1 is 1.50 bits per heavy atom. The van der Waals surface area contributed by atoms with Crippen LogP contribution in [0.5, 0.6) is 11.5 Å². The van der Waals surface area contributed by atoms with Crippen LogP contribution in [0.4, 0.5) is 5.69 Å². The summed E-state index contributed by atoms with van der Waals surface area (Å²) >= 11 is 0. The number of hydrogen-bond donors (Lipinski definition) is 2. The Morgan fingerprint density at radius 3 is 2.90 bits per heavy atom. The SMILES string of the molecule is COc1ccc(NC(=O)CCc2cnn(C)c2)cc1O. The Morgan fingerprint density at radius 2 is 2.30 bits per heavy atom. The third-order valence-electron chi connectivity index (χ3n) is 2.86. The van der Waals surface area contributed by atoms with Crippen LogP contribution in [0.3, 0.4) is 0 Å². The molecule has 2 rings (SSSR count). The van der Waals surface area contributed by atoms with Crippen molar-refractivity contribution < 1.29 is 14.6 Å². The van der Waals surface area contributed by atoms with Gasteiger partial charge in [0.25, 0.3) is 0 Å². The van der Waals surface area contributed by atoms with Crippen LogP contribution in [-0.4, -0.2) is 27.9 Å². The van der Waals surface area contributed by atoms with E-state index in [1.807, 2.05) is 13.2 Å². The Bertz CT molecular complexity index is 607. The van der Waals surface area contributed by atoms with Crippen LogP contribution in [0.25, 0.3) is 0 Å². The summed E-state index contributed by atoms with van der Waals surface area (Å²) in [7, 11) is 3.31. The molecule has 0 aliphatic rings. The molecule has 6 nitrogen and oxygen atoms in total. The van der Waals surface area contributed by atoms with Gasteiger partial charge >= 0.3 is 0 Å². The van der Waals surface area contributed by atoms with Crippen molar-refractivity contribution in [1.82, 2.24) is 9.78 Å². The molecule has 0 bridgehead atoms. The number of benzene rings is 1. The predicted molar refractivity (Wildman–Crippen MR) is 74.8 cm³/mol. The van der Waals surface area contributed by atoms with Crippen molar-refractivity contribution in [2.75, 3.05) is 12.4 Å². The minimum atomic E-state index is -0.113. The highest BCUT2D eigenvalue weighted by atomic mass is 16.5. The van der Waals surface area contributed by atoms with E-state index < -0.39 is 0 Å². The van der Waals surface area contributed by atoms with Gasteiger partial charge in [0, 0.05) is 31.4 Å². The zero-order valence-electron chi connectivity index (χ0n) is 11.5. The van der Waals surface area contributed by atoms with Gasteiger partial charge in [-0.05, 0) is 24.1 Å². The highest BCUT2D eigenvalue weighted by Crippen LogP contribution is 2.28. The first-order valence-corrected chi connectivity index (χ1v) is 6.23. The number of methoxy groups -OCH3 is 1. The number of nitrogens with zero attached hydrogens (tertiary/aromatic N) is 2. The number of rotatable bonds is 5. The number of anilines is 1. The van der Waals surface area contributed by atoms with Crippen molar-refractivity contribution in [3.63, 3.8) is 0 Å². The number of ether oxygens (including phenoxy) is 1. The lowest BCUT2D eigenvalue weighted by Gasteiger charge is -2.07. The number of nitrogens with one attached hydrogen (secondary N) is 1. The molecule has 6 heteroatoms. The normalized spacial score (nSPS) is 10.3. The average Bonchev–Trinajstić information content (AvgIpc) is 2.82. The molecule has 106 valence electrons. The Balaban J connectivity index is 1.89. The van der Waals surface area contributed by atoms with Gasteiger partial charge in [0.1, 0.15) is 0 Å². The topological polar surface area (TPSA) is 76.4 Å². The van der Waals surface area contributed by atoms with Crippen molar-refractivity contribution >= 4 is 11.6 Å². The largest absolute Gasteiger partial charge is 0.504 e. The summed E-state index contributed by atoms with van der Waals surface area (Å²) in [4.78, 5) is 11.8. The van der Waals surface area contributed by atoms with E-state index in [-0.39, 0.29) is 11.7 Å². The summed E-state index contributed by atoms with van der Waals surface area (Å²) in [6, 6.07) is 4.74. The molecule has 1 amide bonds. The number of aryl methyl sites for hydroxylation is 2. The number of hydrogen-bond acceptors (Lipinski definition) is 4. The van der Waals surface area contributed by atoms with Gasteiger partial charge in [0.2, 0.25) is 5.91 Å². The second-order valence-electron chi connectivity index (χ2n) is 4.46. The third kappa shape index (κ3) is 3.50. The Kier molecular flexibility index (Phi) is 4.24. The molecular formula is C14H17N3O3. The maximum Gasteiger partial charge on any atom is 0.224 e. The number of aromatic hydroxyl groups is 1. The Labute approximate surface area is 117 Å². The zero-order valence-corrected chi connectivity index (χ0v) is 11.5. The molecule has 0 unspecified atom stereocenters. The second-order valence-corrected chi connectivity index (χ2v) is 4.46. The van der Waals surface area contributed by atoms with Crippen molar-refractivity contribution in [2.24, 2.45) is 7.05 Å². The quantitative estimate of drug-likeness (QED) is 0.871. The highest BCUT2D eigenvalue weighted by molar-refractivity contribution is 5.91. The fourth-order valence-corrected chi connectivity index (χ4v) is 1.85. The first-order chi connectivity index (χ1) is 9.58. The van der Waals surface area contributed by atoms with Crippen LogP contribution in [0.1, 0.15) is 12.0 Å². The zero-order chi connectivity index (χ0) is 14.5. The number of phenolic OH excluding ortho intramolecular Hbond substituents is 1. The van der Waals surface area contributed by atoms with Crippen LogP contribution in [0.15, 0.2) is 30.6 Å². The maximum absolute atomic E-state index is 11.8. The molecule has 0 fully saturated rings. The second kappa shape index (κ2) is 6.10. The Hall–Kier alpha value is -2.50. The molecule has 0 atom stereocenters. The molecule has 1 heterocycles. The van der Waals surface area contributed by atoms with E-state index in [2.05, 4.69) is 10.4 Å². The van der Waals surface area contributed by atoms with Crippen LogP contribution in [-0.2, 0) is 18.3 Å². The monoisotopic (exact) mass is 275 g/mol. The molecule has 1 aromatic heterocycles. The number of carbonyl (C=O) groups is 1. The van der Waals surface area contributed by atoms with Crippen molar-refractivity contribution in [2.45, 2.75) is 12.8 Å². The molecule has 1 aromatic carbocycles. The number of amides is 1. The van der Waals surface area contributed by atoms with Crippen LogP contribution in [0, 0.1) is 0 Å². The lowest BCUT2D eigenvalue weighted by molar-refractivity contribution is -0.116. The summed E-state index contributed by atoms with van der Waals surface area (Å²) in [6.45, 7) is 0. The molecule has 0 spiro atoms.